The van der Waals surface area contributed by atoms with Gasteiger partial charge in [-0.3, -0.25) is 9.59 Å². The minimum absolute atomic E-state index is 0.205. The number of benzene rings is 1. The van der Waals surface area contributed by atoms with Crippen molar-refractivity contribution in [3.63, 3.8) is 0 Å². The topological polar surface area (TPSA) is 46.6 Å². The molecule has 0 radical (unpaired) electrons. The van der Waals surface area contributed by atoms with Gasteiger partial charge in [-0.15, -0.1) is 11.8 Å². The average molecular weight is 382 g/mol. The lowest BCUT2D eigenvalue weighted by molar-refractivity contribution is -0.137. The third kappa shape index (κ3) is 3.98. The zero-order valence-electron chi connectivity index (χ0n) is 14.5. The summed E-state index contributed by atoms with van der Waals surface area (Å²) in [5.74, 6) is 0.391. The smallest absolute Gasteiger partial charge is 0.315 e. The number of esters is 1. The van der Waals surface area contributed by atoms with Crippen molar-refractivity contribution in [1.29, 1.82) is 0 Å². The lowest BCUT2D eigenvalue weighted by atomic mass is 9.77. The molecule has 3 rings (SSSR count). The van der Waals surface area contributed by atoms with Gasteiger partial charge in [-0.05, 0) is 37.0 Å². The van der Waals surface area contributed by atoms with E-state index < -0.39 is 5.41 Å². The maximum atomic E-state index is 13.4. The molecule has 25 heavy (non-hydrogen) atoms. The zero-order valence-corrected chi connectivity index (χ0v) is 16.1. The van der Waals surface area contributed by atoms with E-state index in [9.17, 15) is 9.59 Å². The van der Waals surface area contributed by atoms with Gasteiger partial charge in [0.1, 0.15) is 0 Å². The van der Waals surface area contributed by atoms with Gasteiger partial charge >= 0.3 is 5.97 Å². The van der Waals surface area contributed by atoms with Gasteiger partial charge in [0, 0.05) is 23.4 Å². The Kier molecular flexibility index (Phi) is 5.95. The first kappa shape index (κ1) is 18.6. The summed E-state index contributed by atoms with van der Waals surface area (Å²) in [6, 6.07) is 7.77. The molecule has 1 amide bonds. The third-order valence-corrected chi connectivity index (χ3v) is 6.87. The second kappa shape index (κ2) is 8.00. The molecule has 1 aliphatic carbocycles. The largest absolute Gasteiger partial charge is 0.468 e. The molecule has 1 aliphatic heterocycles. The van der Waals surface area contributed by atoms with E-state index in [4.69, 9.17) is 16.3 Å². The summed E-state index contributed by atoms with van der Waals surface area (Å²) in [7, 11) is 1.41. The Morgan fingerprint density at radius 1 is 1.28 bits per heavy atom. The highest BCUT2D eigenvalue weighted by Crippen LogP contribution is 2.43. The van der Waals surface area contributed by atoms with Crippen LogP contribution in [0, 0.1) is 0 Å². The molecule has 1 saturated heterocycles. The van der Waals surface area contributed by atoms with Crippen LogP contribution in [0.3, 0.4) is 0 Å². The monoisotopic (exact) mass is 381 g/mol. The van der Waals surface area contributed by atoms with Crippen LogP contribution in [0.25, 0.3) is 0 Å². The molecule has 0 aromatic heterocycles. The van der Waals surface area contributed by atoms with Crippen LogP contribution in [-0.4, -0.2) is 48.0 Å². The van der Waals surface area contributed by atoms with Gasteiger partial charge in [0.15, 0.2) is 0 Å². The highest BCUT2D eigenvalue weighted by Gasteiger charge is 2.46. The van der Waals surface area contributed by atoms with Crippen molar-refractivity contribution in [2.24, 2.45) is 0 Å². The Bertz CT molecular complexity index is 628. The first-order valence-corrected chi connectivity index (χ1v) is 10.2. The minimum atomic E-state index is -0.396. The van der Waals surface area contributed by atoms with E-state index in [1.807, 2.05) is 29.2 Å². The van der Waals surface area contributed by atoms with Crippen LogP contribution in [0.15, 0.2) is 24.3 Å². The van der Waals surface area contributed by atoms with Crippen molar-refractivity contribution < 1.29 is 14.3 Å². The lowest BCUT2D eigenvalue weighted by Gasteiger charge is -2.33. The average Bonchev–Trinajstić information content (AvgIpc) is 3.30. The van der Waals surface area contributed by atoms with Crippen LogP contribution in [0.5, 0.6) is 0 Å². The van der Waals surface area contributed by atoms with Gasteiger partial charge < -0.3 is 9.64 Å². The number of nitrogens with zero attached hydrogens (tertiary/aromatic N) is 1. The molecule has 0 unspecified atom stereocenters. The molecule has 1 atom stereocenters. The summed E-state index contributed by atoms with van der Waals surface area (Å²) < 4.78 is 4.70. The summed E-state index contributed by atoms with van der Waals surface area (Å²) in [6.45, 7) is 1.49. The van der Waals surface area contributed by atoms with Crippen LogP contribution < -0.4 is 0 Å². The fourth-order valence-corrected chi connectivity index (χ4v) is 5.14. The molecule has 0 spiro atoms. The lowest BCUT2D eigenvalue weighted by Crippen LogP contribution is -2.44. The van der Waals surface area contributed by atoms with Crippen molar-refractivity contribution in [2.45, 2.75) is 42.8 Å². The van der Waals surface area contributed by atoms with E-state index in [0.717, 1.165) is 50.8 Å². The van der Waals surface area contributed by atoms with Gasteiger partial charge in [0.05, 0.1) is 18.3 Å². The number of thioether (sulfide) groups is 1. The Labute approximate surface area is 158 Å². The summed E-state index contributed by atoms with van der Waals surface area (Å²) in [5.41, 5.74) is 0.692. The number of methoxy groups -OCH3 is 1. The molecule has 136 valence electrons. The van der Waals surface area contributed by atoms with E-state index in [2.05, 4.69) is 0 Å². The second-order valence-electron chi connectivity index (χ2n) is 6.85. The minimum Gasteiger partial charge on any atom is -0.468 e. The molecular weight excluding hydrogens is 358 g/mol. The molecule has 1 aromatic rings. The Hall–Kier alpha value is -1.20. The highest BCUT2D eigenvalue weighted by atomic mass is 35.5. The van der Waals surface area contributed by atoms with Crippen molar-refractivity contribution in [3.05, 3.63) is 34.9 Å². The molecule has 0 N–H and O–H groups in total. The Morgan fingerprint density at radius 3 is 2.60 bits per heavy atom. The molecule has 1 aromatic carbocycles. The maximum Gasteiger partial charge on any atom is 0.315 e. The van der Waals surface area contributed by atoms with E-state index in [0.29, 0.717) is 16.0 Å². The molecule has 1 heterocycles. The normalized spacial score (nSPS) is 22.2. The Morgan fingerprint density at radius 2 is 1.96 bits per heavy atom. The number of carbonyl (C=O) groups is 2. The number of hydrogen-bond acceptors (Lipinski definition) is 4. The van der Waals surface area contributed by atoms with Gasteiger partial charge in [0.25, 0.3) is 0 Å². The quantitative estimate of drug-likeness (QED) is 0.730. The Balaban J connectivity index is 1.70. The zero-order chi connectivity index (χ0) is 17.9. The van der Waals surface area contributed by atoms with Crippen molar-refractivity contribution in [1.82, 2.24) is 4.90 Å². The number of likely N-dealkylation sites (tertiary alicyclic amines) is 1. The van der Waals surface area contributed by atoms with Gasteiger partial charge in [0.2, 0.25) is 5.91 Å². The molecule has 6 heteroatoms. The number of rotatable bonds is 5. The number of hydrogen-bond donors (Lipinski definition) is 0. The predicted octanol–water partition coefficient (Wildman–Crippen LogP) is 3.66. The number of amides is 1. The number of ether oxygens (including phenoxy) is 1. The van der Waals surface area contributed by atoms with E-state index in [1.54, 1.807) is 11.8 Å². The van der Waals surface area contributed by atoms with Crippen molar-refractivity contribution in [3.8, 4) is 0 Å². The van der Waals surface area contributed by atoms with E-state index in [1.165, 1.54) is 7.11 Å². The van der Waals surface area contributed by atoms with Gasteiger partial charge in [-0.25, -0.2) is 0 Å². The predicted molar refractivity (Wildman–Crippen MR) is 101 cm³/mol. The SMILES string of the molecule is COC(=O)CS[C@@H]1CCN(C(=O)C2(c3ccc(Cl)cc3)CCCC2)C1. The fourth-order valence-electron chi connectivity index (χ4n) is 3.97. The molecular formula is C19H24ClNO3S. The molecule has 0 bridgehead atoms. The van der Waals surface area contributed by atoms with Crippen LogP contribution >= 0.6 is 23.4 Å². The summed E-state index contributed by atoms with van der Waals surface area (Å²) in [6.07, 6.45) is 4.92. The molecule has 2 aliphatic rings. The van der Waals surface area contributed by atoms with Crippen molar-refractivity contribution >= 4 is 35.2 Å². The second-order valence-corrected chi connectivity index (χ2v) is 8.57. The summed E-state index contributed by atoms with van der Waals surface area (Å²) >= 11 is 7.62. The van der Waals surface area contributed by atoms with Crippen LogP contribution in [0.4, 0.5) is 0 Å². The van der Waals surface area contributed by atoms with Gasteiger partial charge in [-0.1, -0.05) is 36.6 Å². The maximum absolute atomic E-state index is 13.4. The summed E-state index contributed by atoms with van der Waals surface area (Å²) in [5, 5.41) is 1.01. The highest BCUT2D eigenvalue weighted by molar-refractivity contribution is 8.00. The standard InChI is InChI=1S/C19H24ClNO3S/c1-24-17(22)13-25-16-8-11-21(12-16)18(23)19(9-2-3-10-19)14-4-6-15(20)7-5-14/h4-7,16H,2-3,8-13H2,1H3/t16-/m1/s1. The van der Waals surface area contributed by atoms with Crippen molar-refractivity contribution in [2.75, 3.05) is 26.0 Å². The molecule has 2 fully saturated rings. The van der Waals surface area contributed by atoms with E-state index >= 15 is 0 Å². The first-order valence-electron chi connectivity index (χ1n) is 8.79. The fraction of sp³-hybridized carbons (Fsp3) is 0.579. The van der Waals surface area contributed by atoms with Crippen LogP contribution in [0.1, 0.15) is 37.7 Å². The first-order chi connectivity index (χ1) is 12.0. The van der Waals surface area contributed by atoms with Crippen LogP contribution in [0.2, 0.25) is 5.02 Å². The third-order valence-electron chi connectivity index (χ3n) is 5.36. The van der Waals surface area contributed by atoms with Crippen LogP contribution in [-0.2, 0) is 19.7 Å². The number of halogens is 1. The molecule has 1 saturated carbocycles. The van der Waals surface area contributed by atoms with E-state index in [-0.39, 0.29) is 11.9 Å². The summed E-state index contributed by atoms with van der Waals surface area (Å²) in [4.78, 5) is 26.7. The van der Waals surface area contributed by atoms with Gasteiger partial charge in [-0.2, -0.15) is 0 Å². The number of carbonyl (C=O) groups excluding carboxylic acids is 2. The molecule has 4 nitrogen and oxygen atoms in total.